The Labute approximate surface area is 123 Å². The zero-order chi connectivity index (χ0) is 15.5. The maximum atomic E-state index is 12.3. The summed E-state index contributed by atoms with van der Waals surface area (Å²) in [7, 11) is -3.69. The first-order valence-corrected chi connectivity index (χ1v) is 8.11. The molecule has 116 valence electrons. The average molecular weight is 313 g/mol. The summed E-state index contributed by atoms with van der Waals surface area (Å²) < 4.78 is 34.2. The van der Waals surface area contributed by atoms with Gasteiger partial charge in [-0.05, 0) is 26.3 Å². The van der Waals surface area contributed by atoms with E-state index in [0.717, 1.165) is 0 Å². The van der Waals surface area contributed by atoms with Gasteiger partial charge in [0.15, 0.2) is 0 Å². The summed E-state index contributed by atoms with van der Waals surface area (Å²) in [5.74, 6) is 0.711. The lowest BCUT2D eigenvalue weighted by atomic mass is 10.2. The van der Waals surface area contributed by atoms with Crippen LogP contribution in [0, 0.1) is 13.8 Å². The van der Waals surface area contributed by atoms with Crippen molar-refractivity contribution in [2.24, 2.45) is 0 Å². The SMILES string of the molecule is Cc1oc(C)c(S(=O)(=O)NCCCn2cccn2)c1CO. The minimum absolute atomic E-state index is 0.0431. The molecule has 0 saturated heterocycles. The Kier molecular flexibility index (Phi) is 4.81. The molecule has 7 nitrogen and oxygen atoms in total. The Hall–Kier alpha value is -1.64. The molecule has 0 unspecified atom stereocenters. The second-order valence-corrected chi connectivity index (χ2v) is 6.40. The van der Waals surface area contributed by atoms with Crippen molar-refractivity contribution in [3.05, 3.63) is 35.5 Å². The predicted molar refractivity (Wildman–Crippen MR) is 76.1 cm³/mol. The van der Waals surface area contributed by atoms with Crippen LogP contribution in [0.15, 0.2) is 27.8 Å². The fraction of sp³-hybridized carbons (Fsp3) is 0.462. The summed E-state index contributed by atoms with van der Waals surface area (Å²) >= 11 is 0. The summed E-state index contributed by atoms with van der Waals surface area (Å²) in [5.41, 5.74) is 0.312. The highest BCUT2D eigenvalue weighted by molar-refractivity contribution is 7.89. The fourth-order valence-electron chi connectivity index (χ4n) is 2.20. The normalized spacial score (nSPS) is 12.0. The van der Waals surface area contributed by atoms with Gasteiger partial charge in [-0.1, -0.05) is 0 Å². The number of rotatable bonds is 7. The molecule has 0 amide bonds. The Morgan fingerprint density at radius 3 is 2.76 bits per heavy atom. The summed E-state index contributed by atoms with van der Waals surface area (Å²) in [6.45, 7) is 3.76. The maximum Gasteiger partial charge on any atom is 0.244 e. The number of aliphatic hydroxyl groups is 1. The van der Waals surface area contributed by atoms with Gasteiger partial charge in [0.2, 0.25) is 10.0 Å². The Balaban J connectivity index is 2.02. The van der Waals surface area contributed by atoms with Gasteiger partial charge in [0, 0.05) is 31.0 Å². The van der Waals surface area contributed by atoms with E-state index in [2.05, 4.69) is 9.82 Å². The molecule has 2 aromatic heterocycles. The van der Waals surface area contributed by atoms with Crippen molar-refractivity contribution >= 4 is 10.0 Å². The van der Waals surface area contributed by atoms with Crippen molar-refractivity contribution < 1.29 is 17.9 Å². The van der Waals surface area contributed by atoms with E-state index in [1.165, 1.54) is 0 Å². The van der Waals surface area contributed by atoms with E-state index < -0.39 is 10.0 Å². The number of nitrogens with one attached hydrogen (secondary N) is 1. The van der Waals surface area contributed by atoms with Crippen LogP contribution in [0.1, 0.15) is 23.5 Å². The highest BCUT2D eigenvalue weighted by Gasteiger charge is 2.25. The third kappa shape index (κ3) is 3.52. The molecular formula is C13H19N3O4S. The fourth-order valence-corrected chi connectivity index (χ4v) is 3.71. The lowest BCUT2D eigenvalue weighted by Crippen LogP contribution is -2.26. The topological polar surface area (TPSA) is 97.4 Å². The van der Waals surface area contributed by atoms with Gasteiger partial charge < -0.3 is 9.52 Å². The van der Waals surface area contributed by atoms with Gasteiger partial charge in [0.1, 0.15) is 16.4 Å². The van der Waals surface area contributed by atoms with Crippen LogP contribution in [-0.4, -0.2) is 29.8 Å². The zero-order valence-electron chi connectivity index (χ0n) is 12.0. The molecule has 0 fully saturated rings. The molecule has 0 atom stereocenters. The summed E-state index contributed by atoms with van der Waals surface area (Å²) in [6, 6.07) is 1.81. The Morgan fingerprint density at radius 2 is 2.14 bits per heavy atom. The van der Waals surface area contributed by atoms with E-state index in [0.29, 0.717) is 24.3 Å². The van der Waals surface area contributed by atoms with Crippen LogP contribution in [0.5, 0.6) is 0 Å². The highest BCUT2D eigenvalue weighted by Crippen LogP contribution is 2.26. The molecule has 0 aliphatic rings. The van der Waals surface area contributed by atoms with Crippen molar-refractivity contribution in [2.75, 3.05) is 6.54 Å². The highest BCUT2D eigenvalue weighted by atomic mass is 32.2. The molecule has 2 N–H and O–H groups in total. The second-order valence-electron chi connectivity index (χ2n) is 4.70. The molecule has 0 spiro atoms. The van der Waals surface area contributed by atoms with Crippen LogP contribution in [-0.2, 0) is 23.2 Å². The van der Waals surface area contributed by atoms with Gasteiger partial charge in [-0.2, -0.15) is 5.10 Å². The standard InChI is InChI=1S/C13H19N3O4S/c1-10-12(9-17)13(11(2)20-10)21(18,19)15-6-4-8-16-7-3-5-14-16/h3,5,7,15,17H,4,6,8-9H2,1-2H3. The van der Waals surface area contributed by atoms with Crippen molar-refractivity contribution in [1.29, 1.82) is 0 Å². The monoisotopic (exact) mass is 313 g/mol. The van der Waals surface area contributed by atoms with Crippen molar-refractivity contribution in [1.82, 2.24) is 14.5 Å². The number of furan rings is 1. The van der Waals surface area contributed by atoms with Crippen LogP contribution in [0.25, 0.3) is 0 Å². The first-order chi connectivity index (χ1) is 9.95. The second kappa shape index (κ2) is 6.42. The molecule has 0 saturated carbocycles. The smallest absolute Gasteiger partial charge is 0.244 e. The molecule has 2 aromatic rings. The van der Waals surface area contributed by atoms with Crippen molar-refractivity contribution in [2.45, 2.75) is 38.3 Å². The van der Waals surface area contributed by atoms with Gasteiger partial charge in [0.05, 0.1) is 6.61 Å². The van der Waals surface area contributed by atoms with E-state index in [9.17, 15) is 13.5 Å². The molecule has 8 heteroatoms. The van der Waals surface area contributed by atoms with Gasteiger partial charge in [-0.3, -0.25) is 4.68 Å². The number of nitrogens with zero attached hydrogens (tertiary/aromatic N) is 2. The van der Waals surface area contributed by atoms with Crippen molar-refractivity contribution in [3.63, 3.8) is 0 Å². The molecule has 0 bridgehead atoms. The van der Waals surface area contributed by atoms with Crippen LogP contribution in [0.2, 0.25) is 0 Å². The third-order valence-electron chi connectivity index (χ3n) is 3.17. The van der Waals surface area contributed by atoms with Gasteiger partial charge in [0.25, 0.3) is 0 Å². The molecule has 0 aliphatic heterocycles. The number of hydrogen-bond acceptors (Lipinski definition) is 5. The first-order valence-electron chi connectivity index (χ1n) is 6.62. The molecule has 0 aromatic carbocycles. The Morgan fingerprint density at radius 1 is 1.38 bits per heavy atom. The maximum absolute atomic E-state index is 12.3. The number of aliphatic hydroxyl groups excluding tert-OH is 1. The molecule has 0 aliphatic carbocycles. The molecule has 21 heavy (non-hydrogen) atoms. The molecule has 0 radical (unpaired) electrons. The molecule has 2 rings (SSSR count). The zero-order valence-corrected chi connectivity index (χ0v) is 12.9. The summed E-state index contributed by atoms with van der Waals surface area (Å²) in [5, 5.41) is 13.4. The Bertz CT molecular complexity index is 689. The number of sulfonamides is 1. The number of aryl methyl sites for hydroxylation is 3. The third-order valence-corrected chi connectivity index (χ3v) is 4.82. The van der Waals surface area contributed by atoms with Crippen LogP contribution in [0.4, 0.5) is 0 Å². The lowest BCUT2D eigenvalue weighted by Gasteiger charge is -2.07. The summed E-state index contributed by atoms with van der Waals surface area (Å²) in [4.78, 5) is 0.0431. The van der Waals surface area contributed by atoms with Gasteiger partial charge in [-0.15, -0.1) is 0 Å². The predicted octanol–water partition coefficient (Wildman–Crippen LogP) is 0.954. The minimum Gasteiger partial charge on any atom is -0.465 e. The van der Waals surface area contributed by atoms with E-state index in [1.807, 2.05) is 12.3 Å². The van der Waals surface area contributed by atoms with E-state index in [1.54, 1.807) is 24.7 Å². The first kappa shape index (κ1) is 15.7. The molecule has 2 heterocycles. The van der Waals surface area contributed by atoms with Gasteiger partial charge in [-0.25, -0.2) is 13.1 Å². The van der Waals surface area contributed by atoms with E-state index in [4.69, 9.17) is 4.42 Å². The number of hydrogen-bond donors (Lipinski definition) is 2. The van der Waals surface area contributed by atoms with Gasteiger partial charge >= 0.3 is 0 Å². The van der Waals surface area contributed by atoms with Crippen molar-refractivity contribution in [3.8, 4) is 0 Å². The van der Waals surface area contributed by atoms with Crippen LogP contribution >= 0.6 is 0 Å². The average Bonchev–Trinajstić information content (AvgIpc) is 3.02. The van der Waals surface area contributed by atoms with Crippen LogP contribution < -0.4 is 4.72 Å². The molecular weight excluding hydrogens is 294 g/mol. The van der Waals surface area contributed by atoms with E-state index >= 15 is 0 Å². The largest absolute Gasteiger partial charge is 0.465 e. The van der Waals surface area contributed by atoms with Crippen LogP contribution in [0.3, 0.4) is 0 Å². The minimum atomic E-state index is -3.69. The number of aromatic nitrogens is 2. The van der Waals surface area contributed by atoms with E-state index in [-0.39, 0.29) is 23.8 Å². The summed E-state index contributed by atoms with van der Waals surface area (Å²) in [6.07, 6.45) is 4.11. The quantitative estimate of drug-likeness (QED) is 0.742. The lowest BCUT2D eigenvalue weighted by molar-refractivity contribution is 0.276.